The molecule has 1 aliphatic carbocycles. The Morgan fingerprint density at radius 3 is 2.59 bits per heavy atom. The van der Waals surface area contributed by atoms with E-state index in [2.05, 4.69) is 21.4 Å². The maximum atomic E-state index is 13.0. The van der Waals surface area contributed by atoms with Crippen LogP contribution in [0.25, 0.3) is 10.9 Å². The average molecular weight is 426 g/mol. The summed E-state index contributed by atoms with van der Waals surface area (Å²) in [6, 6.07) is 15.8. The normalized spacial score (nSPS) is 12.9. The van der Waals surface area contributed by atoms with Crippen LogP contribution in [0.15, 0.2) is 60.8 Å². The summed E-state index contributed by atoms with van der Waals surface area (Å²) in [6.45, 7) is 0. The monoisotopic (exact) mass is 426 g/mol. The number of H-pyrrole nitrogens is 1. The first-order valence-corrected chi connectivity index (χ1v) is 10.6. The molecule has 2 aromatic heterocycles. The van der Waals surface area contributed by atoms with Crippen molar-refractivity contribution < 1.29 is 14.3 Å². The number of hydrogen-bond donors (Lipinski definition) is 3. The van der Waals surface area contributed by atoms with Crippen LogP contribution in [0, 0.1) is 0 Å². The number of aromatic nitrogens is 2. The zero-order chi connectivity index (χ0) is 22.1. The molecule has 0 aliphatic heterocycles. The number of pyridine rings is 1. The molecule has 160 valence electrons. The fourth-order valence-corrected chi connectivity index (χ4v) is 4.20. The molecular weight excluding hydrogens is 404 g/mol. The van der Waals surface area contributed by atoms with Crippen molar-refractivity contribution in [3.63, 3.8) is 0 Å². The van der Waals surface area contributed by atoms with E-state index in [0.717, 1.165) is 23.7 Å². The highest BCUT2D eigenvalue weighted by atomic mass is 16.5. The molecule has 0 saturated heterocycles. The Morgan fingerprint density at radius 2 is 1.78 bits per heavy atom. The molecule has 5 rings (SSSR count). The van der Waals surface area contributed by atoms with Crippen molar-refractivity contribution in [1.82, 2.24) is 9.97 Å². The largest absolute Gasteiger partial charge is 0.438 e. The van der Waals surface area contributed by atoms with E-state index in [0.29, 0.717) is 17.0 Å². The van der Waals surface area contributed by atoms with E-state index in [1.54, 1.807) is 36.4 Å². The molecule has 0 unspecified atom stereocenters. The van der Waals surface area contributed by atoms with Crippen molar-refractivity contribution in [1.29, 1.82) is 0 Å². The SMILES string of the molecule is NC(=O)c1ccccc1Oc1ccc(NC(=O)c2cccc3c4c([nH]c23)CCCC4)cn1. The van der Waals surface area contributed by atoms with Crippen LogP contribution < -0.4 is 15.8 Å². The van der Waals surface area contributed by atoms with Gasteiger partial charge < -0.3 is 20.8 Å². The fraction of sp³-hybridized carbons (Fsp3) is 0.160. The Kier molecular flexibility index (Phi) is 5.07. The second-order valence-electron chi connectivity index (χ2n) is 7.82. The van der Waals surface area contributed by atoms with Crippen molar-refractivity contribution in [3.8, 4) is 11.6 Å². The van der Waals surface area contributed by atoms with Gasteiger partial charge in [0.25, 0.3) is 11.8 Å². The smallest absolute Gasteiger partial charge is 0.257 e. The number of nitrogens with zero attached hydrogens (tertiary/aromatic N) is 1. The third-order valence-electron chi connectivity index (χ3n) is 5.74. The van der Waals surface area contributed by atoms with E-state index in [1.165, 1.54) is 30.3 Å². The van der Waals surface area contributed by atoms with Gasteiger partial charge in [0.1, 0.15) is 5.75 Å². The van der Waals surface area contributed by atoms with Crippen LogP contribution >= 0.6 is 0 Å². The molecule has 1 aliphatic rings. The van der Waals surface area contributed by atoms with Gasteiger partial charge in [-0.15, -0.1) is 0 Å². The number of amides is 2. The third kappa shape index (κ3) is 3.69. The summed E-state index contributed by atoms with van der Waals surface area (Å²) < 4.78 is 5.69. The average Bonchev–Trinajstić information content (AvgIpc) is 3.19. The number of aryl methyl sites for hydroxylation is 2. The van der Waals surface area contributed by atoms with Crippen molar-refractivity contribution in [2.45, 2.75) is 25.7 Å². The molecule has 0 bridgehead atoms. The molecule has 7 nitrogen and oxygen atoms in total. The van der Waals surface area contributed by atoms with E-state index in [-0.39, 0.29) is 17.4 Å². The number of benzene rings is 2. The zero-order valence-electron chi connectivity index (χ0n) is 17.4. The van der Waals surface area contributed by atoms with Gasteiger partial charge in [0, 0.05) is 17.1 Å². The van der Waals surface area contributed by atoms with Crippen molar-refractivity contribution in [3.05, 3.63) is 83.2 Å². The van der Waals surface area contributed by atoms with E-state index in [9.17, 15) is 9.59 Å². The molecule has 0 fully saturated rings. The van der Waals surface area contributed by atoms with Gasteiger partial charge in [0.15, 0.2) is 0 Å². The van der Waals surface area contributed by atoms with Gasteiger partial charge in [-0.1, -0.05) is 24.3 Å². The highest BCUT2D eigenvalue weighted by molar-refractivity contribution is 6.12. The number of hydrogen-bond acceptors (Lipinski definition) is 4. The van der Waals surface area contributed by atoms with Crippen molar-refractivity contribution >= 4 is 28.4 Å². The quantitative estimate of drug-likeness (QED) is 0.434. The predicted octanol–water partition coefficient (Wildman–Crippen LogP) is 4.59. The highest BCUT2D eigenvalue weighted by Gasteiger charge is 2.19. The van der Waals surface area contributed by atoms with Gasteiger partial charge in [0.05, 0.1) is 28.5 Å². The van der Waals surface area contributed by atoms with E-state index >= 15 is 0 Å². The minimum atomic E-state index is -0.579. The Morgan fingerprint density at radius 1 is 0.969 bits per heavy atom. The second kappa shape index (κ2) is 8.19. The number of aromatic amines is 1. The summed E-state index contributed by atoms with van der Waals surface area (Å²) in [7, 11) is 0. The molecule has 4 aromatic rings. The van der Waals surface area contributed by atoms with Gasteiger partial charge in [-0.05, 0) is 55.5 Å². The maximum Gasteiger partial charge on any atom is 0.257 e. The number of ether oxygens (including phenoxy) is 1. The summed E-state index contributed by atoms with van der Waals surface area (Å²) in [4.78, 5) is 32.3. The first-order chi connectivity index (χ1) is 15.6. The van der Waals surface area contributed by atoms with Crippen LogP contribution in [0.1, 0.15) is 44.8 Å². The molecule has 0 atom stereocenters. The van der Waals surface area contributed by atoms with Gasteiger partial charge in [-0.3, -0.25) is 9.59 Å². The highest BCUT2D eigenvalue weighted by Crippen LogP contribution is 2.31. The number of primary amides is 1. The van der Waals surface area contributed by atoms with Crippen LogP contribution in [0.5, 0.6) is 11.6 Å². The summed E-state index contributed by atoms with van der Waals surface area (Å²) in [5, 5.41) is 4.03. The van der Waals surface area contributed by atoms with Gasteiger partial charge >= 0.3 is 0 Å². The number of fused-ring (bicyclic) bond motifs is 3. The number of nitrogens with two attached hydrogens (primary N) is 1. The van der Waals surface area contributed by atoms with E-state index in [1.807, 2.05) is 12.1 Å². The minimum Gasteiger partial charge on any atom is -0.438 e. The third-order valence-corrected chi connectivity index (χ3v) is 5.74. The van der Waals surface area contributed by atoms with Gasteiger partial charge in [0.2, 0.25) is 5.88 Å². The lowest BCUT2D eigenvalue weighted by Gasteiger charge is -2.10. The Bertz CT molecular complexity index is 1330. The summed E-state index contributed by atoms with van der Waals surface area (Å²) in [6.07, 6.45) is 5.94. The van der Waals surface area contributed by atoms with Gasteiger partial charge in [-0.25, -0.2) is 4.98 Å². The number of nitrogens with one attached hydrogen (secondary N) is 2. The van der Waals surface area contributed by atoms with E-state index < -0.39 is 5.91 Å². The molecule has 4 N–H and O–H groups in total. The Balaban J connectivity index is 1.35. The van der Waals surface area contributed by atoms with E-state index in [4.69, 9.17) is 10.5 Å². The van der Waals surface area contributed by atoms with Crippen molar-refractivity contribution in [2.75, 3.05) is 5.32 Å². The number of carbonyl (C=O) groups excluding carboxylic acids is 2. The first-order valence-electron chi connectivity index (χ1n) is 10.6. The molecule has 0 spiro atoms. The molecule has 2 amide bonds. The molecule has 0 radical (unpaired) electrons. The molecule has 2 aromatic carbocycles. The number of rotatable bonds is 5. The minimum absolute atomic E-state index is 0.205. The lowest BCUT2D eigenvalue weighted by atomic mass is 9.95. The molecule has 32 heavy (non-hydrogen) atoms. The predicted molar refractivity (Wildman–Crippen MR) is 122 cm³/mol. The van der Waals surface area contributed by atoms with Crippen LogP contribution in [0.2, 0.25) is 0 Å². The summed E-state index contributed by atoms with van der Waals surface area (Å²) >= 11 is 0. The lowest BCUT2D eigenvalue weighted by molar-refractivity contribution is 0.0995. The maximum absolute atomic E-state index is 13.0. The van der Waals surface area contributed by atoms with Crippen LogP contribution in [0.3, 0.4) is 0 Å². The molecule has 7 heteroatoms. The van der Waals surface area contributed by atoms with Crippen LogP contribution in [-0.2, 0) is 12.8 Å². The second-order valence-corrected chi connectivity index (χ2v) is 7.82. The standard InChI is InChI=1S/C25H22N4O3/c26-24(30)18-7-2-4-11-21(18)32-22-13-12-15(14-27-22)28-25(31)19-9-5-8-17-16-6-1-3-10-20(16)29-23(17)19/h2,4-5,7-9,11-14,29H,1,3,6,10H2,(H2,26,30)(H,28,31). The molecule has 0 saturated carbocycles. The fourth-order valence-electron chi connectivity index (χ4n) is 4.20. The van der Waals surface area contributed by atoms with Gasteiger partial charge in [-0.2, -0.15) is 0 Å². The topological polar surface area (TPSA) is 110 Å². The summed E-state index contributed by atoms with van der Waals surface area (Å²) in [5.41, 5.74) is 10.3. The Hall–Kier alpha value is -4.13. The molecule has 2 heterocycles. The number of para-hydroxylation sites is 2. The number of anilines is 1. The van der Waals surface area contributed by atoms with Crippen LogP contribution in [-0.4, -0.2) is 21.8 Å². The molecular formula is C25H22N4O3. The zero-order valence-corrected chi connectivity index (χ0v) is 17.4. The van der Waals surface area contributed by atoms with Crippen LogP contribution in [0.4, 0.5) is 5.69 Å². The first kappa shape index (κ1) is 19.8. The lowest BCUT2D eigenvalue weighted by Crippen LogP contribution is -2.13. The Labute approximate surface area is 184 Å². The summed E-state index contributed by atoms with van der Waals surface area (Å²) in [5.74, 6) is -0.170. The van der Waals surface area contributed by atoms with Crippen molar-refractivity contribution in [2.24, 2.45) is 5.73 Å². The number of carbonyl (C=O) groups is 2.